The number of nitrogens with zero attached hydrogens (tertiary/aromatic N) is 3. The molecule has 3 aromatic rings. The first-order valence-electron chi connectivity index (χ1n) is 8.73. The normalized spacial score (nSPS) is 11.2. The molecule has 10 nitrogen and oxygen atoms in total. The number of hydrogen-bond acceptors (Lipinski definition) is 8. The number of aromatic nitrogens is 2. The molecule has 10 heteroatoms. The van der Waals surface area contributed by atoms with E-state index in [-0.39, 0.29) is 22.8 Å². The number of esters is 1. The van der Waals surface area contributed by atoms with Crippen LogP contribution in [0.3, 0.4) is 0 Å². The van der Waals surface area contributed by atoms with Crippen molar-refractivity contribution in [1.29, 1.82) is 0 Å². The van der Waals surface area contributed by atoms with E-state index in [0.29, 0.717) is 5.75 Å². The largest absolute Gasteiger partial charge is 0.449 e. The van der Waals surface area contributed by atoms with Crippen LogP contribution in [0.4, 0.5) is 11.4 Å². The summed E-state index contributed by atoms with van der Waals surface area (Å²) in [5.41, 5.74) is 0.0560. The molecule has 1 N–H and O–H groups in total. The van der Waals surface area contributed by atoms with Crippen LogP contribution in [-0.4, -0.2) is 32.9 Å². The Kier molecular flexibility index (Phi) is 6.28. The van der Waals surface area contributed by atoms with Crippen molar-refractivity contribution in [3.63, 3.8) is 0 Å². The third-order valence-corrected chi connectivity index (χ3v) is 3.82. The molecular formula is C20H16N4O6. The van der Waals surface area contributed by atoms with E-state index >= 15 is 0 Å². The molecule has 0 radical (unpaired) electrons. The molecule has 2 aromatic heterocycles. The summed E-state index contributed by atoms with van der Waals surface area (Å²) in [4.78, 5) is 43.1. The number of non-ortho nitro benzene ring substituents is 1. The van der Waals surface area contributed by atoms with Gasteiger partial charge in [0.1, 0.15) is 11.3 Å². The Labute approximate surface area is 170 Å². The highest BCUT2D eigenvalue weighted by molar-refractivity contribution is 5.98. The number of ether oxygens (including phenoxy) is 2. The van der Waals surface area contributed by atoms with Gasteiger partial charge < -0.3 is 14.8 Å². The molecular weight excluding hydrogens is 392 g/mol. The summed E-state index contributed by atoms with van der Waals surface area (Å²) >= 11 is 0. The molecule has 0 aliphatic carbocycles. The van der Waals surface area contributed by atoms with Gasteiger partial charge >= 0.3 is 5.97 Å². The summed E-state index contributed by atoms with van der Waals surface area (Å²) in [5, 5.41) is 13.3. The highest BCUT2D eigenvalue weighted by Crippen LogP contribution is 2.23. The Balaban J connectivity index is 1.68. The van der Waals surface area contributed by atoms with E-state index in [1.165, 1.54) is 55.7 Å². The van der Waals surface area contributed by atoms with E-state index in [0.717, 1.165) is 0 Å². The quantitative estimate of drug-likeness (QED) is 0.357. The van der Waals surface area contributed by atoms with Gasteiger partial charge in [-0.15, -0.1) is 0 Å². The number of carbonyl (C=O) groups excluding carboxylic acids is 2. The fraction of sp³-hybridized carbons (Fsp3) is 0.100. The molecule has 0 spiro atoms. The molecule has 0 aliphatic rings. The number of nitro benzene ring substituents is 1. The molecule has 1 atom stereocenters. The average molecular weight is 408 g/mol. The first-order valence-corrected chi connectivity index (χ1v) is 8.73. The molecule has 1 aromatic carbocycles. The summed E-state index contributed by atoms with van der Waals surface area (Å²) in [6, 6.07) is 11.7. The topological polar surface area (TPSA) is 134 Å². The lowest BCUT2D eigenvalue weighted by molar-refractivity contribution is -0.384. The Hall–Kier alpha value is -4.34. The third-order valence-electron chi connectivity index (χ3n) is 3.82. The SMILES string of the molecule is CC(OC(=O)c1cccnc1Oc1cccnc1)C(=O)Nc1cccc([N+](=O)[O-])c1. The second-order valence-corrected chi connectivity index (χ2v) is 5.99. The van der Waals surface area contributed by atoms with Crippen LogP contribution in [0.2, 0.25) is 0 Å². The lowest BCUT2D eigenvalue weighted by Crippen LogP contribution is -2.30. The smallest absolute Gasteiger partial charge is 0.344 e. The molecule has 1 unspecified atom stereocenters. The number of anilines is 1. The fourth-order valence-electron chi connectivity index (χ4n) is 2.37. The van der Waals surface area contributed by atoms with Crippen LogP contribution in [0.15, 0.2) is 67.1 Å². The number of nitro groups is 1. The van der Waals surface area contributed by atoms with Crippen LogP contribution in [0, 0.1) is 10.1 Å². The average Bonchev–Trinajstić information content (AvgIpc) is 2.75. The van der Waals surface area contributed by atoms with Gasteiger partial charge in [-0.25, -0.2) is 9.78 Å². The summed E-state index contributed by atoms with van der Waals surface area (Å²) < 4.78 is 10.8. The van der Waals surface area contributed by atoms with E-state index in [4.69, 9.17) is 9.47 Å². The van der Waals surface area contributed by atoms with Gasteiger partial charge in [0, 0.05) is 30.2 Å². The second kappa shape index (κ2) is 9.24. The van der Waals surface area contributed by atoms with E-state index in [1.54, 1.807) is 18.3 Å². The Morgan fingerprint density at radius 3 is 2.67 bits per heavy atom. The van der Waals surface area contributed by atoms with Gasteiger partial charge in [0.25, 0.3) is 11.6 Å². The fourth-order valence-corrected chi connectivity index (χ4v) is 2.37. The molecule has 1 amide bonds. The number of amides is 1. The van der Waals surface area contributed by atoms with Gasteiger partial charge in [-0.2, -0.15) is 0 Å². The summed E-state index contributed by atoms with van der Waals surface area (Å²) in [5.74, 6) is -1.09. The standard InChI is InChI=1S/C20H16N4O6/c1-13(18(25)23-14-5-2-6-15(11-14)24(27)28)29-20(26)17-8-4-10-22-19(17)30-16-7-3-9-21-12-16/h2-13H,1H3,(H,23,25). The monoisotopic (exact) mass is 408 g/mol. The molecule has 152 valence electrons. The molecule has 0 aliphatic heterocycles. The van der Waals surface area contributed by atoms with Crippen molar-refractivity contribution in [1.82, 2.24) is 9.97 Å². The second-order valence-electron chi connectivity index (χ2n) is 5.99. The van der Waals surface area contributed by atoms with Gasteiger partial charge in [0.15, 0.2) is 6.10 Å². The van der Waals surface area contributed by atoms with Crippen molar-refractivity contribution < 1.29 is 24.0 Å². The van der Waals surface area contributed by atoms with Gasteiger partial charge in [-0.1, -0.05) is 6.07 Å². The van der Waals surface area contributed by atoms with Crippen molar-refractivity contribution in [3.05, 3.63) is 82.8 Å². The summed E-state index contributed by atoms with van der Waals surface area (Å²) in [6.07, 6.45) is 3.30. The van der Waals surface area contributed by atoms with Gasteiger partial charge in [0.2, 0.25) is 5.88 Å². The highest BCUT2D eigenvalue weighted by Gasteiger charge is 2.23. The molecule has 0 saturated heterocycles. The number of benzene rings is 1. The van der Waals surface area contributed by atoms with E-state index < -0.39 is 22.9 Å². The maximum atomic E-state index is 12.5. The predicted octanol–water partition coefficient (Wildman–Crippen LogP) is 3.36. The Morgan fingerprint density at radius 1 is 1.13 bits per heavy atom. The van der Waals surface area contributed by atoms with Crippen molar-refractivity contribution in [2.75, 3.05) is 5.32 Å². The number of rotatable bonds is 7. The highest BCUT2D eigenvalue weighted by atomic mass is 16.6. The van der Waals surface area contributed by atoms with Crippen LogP contribution in [-0.2, 0) is 9.53 Å². The van der Waals surface area contributed by atoms with Crippen LogP contribution in [0.1, 0.15) is 17.3 Å². The zero-order chi connectivity index (χ0) is 21.5. The zero-order valence-electron chi connectivity index (χ0n) is 15.7. The Morgan fingerprint density at radius 2 is 1.93 bits per heavy atom. The van der Waals surface area contributed by atoms with Crippen molar-refractivity contribution in [2.24, 2.45) is 0 Å². The molecule has 3 rings (SSSR count). The molecule has 0 bridgehead atoms. The van der Waals surface area contributed by atoms with Gasteiger partial charge in [-0.05, 0) is 37.3 Å². The zero-order valence-corrected chi connectivity index (χ0v) is 15.7. The van der Waals surface area contributed by atoms with Crippen LogP contribution < -0.4 is 10.1 Å². The van der Waals surface area contributed by atoms with E-state index in [9.17, 15) is 19.7 Å². The van der Waals surface area contributed by atoms with Crippen LogP contribution in [0.5, 0.6) is 11.6 Å². The van der Waals surface area contributed by atoms with Crippen molar-refractivity contribution >= 4 is 23.3 Å². The van der Waals surface area contributed by atoms with Gasteiger partial charge in [-0.3, -0.25) is 19.9 Å². The minimum Gasteiger partial charge on any atom is -0.449 e. The summed E-state index contributed by atoms with van der Waals surface area (Å²) in [7, 11) is 0. The van der Waals surface area contributed by atoms with Crippen LogP contribution >= 0.6 is 0 Å². The number of carbonyl (C=O) groups is 2. The number of pyridine rings is 2. The lowest BCUT2D eigenvalue weighted by Gasteiger charge is -2.14. The van der Waals surface area contributed by atoms with E-state index in [2.05, 4.69) is 15.3 Å². The number of nitrogens with one attached hydrogen (secondary N) is 1. The van der Waals surface area contributed by atoms with Crippen molar-refractivity contribution in [3.8, 4) is 11.6 Å². The van der Waals surface area contributed by atoms with Crippen LogP contribution in [0.25, 0.3) is 0 Å². The first kappa shape index (κ1) is 20.4. The first-order chi connectivity index (χ1) is 14.4. The molecule has 30 heavy (non-hydrogen) atoms. The van der Waals surface area contributed by atoms with Gasteiger partial charge in [0.05, 0.1) is 11.1 Å². The molecule has 0 saturated carbocycles. The Bertz CT molecular complexity index is 1070. The maximum absolute atomic E-state index is 12.5. The minimum atomic E-state index is -1.18. The third kappa shape index (κ3) is 5.13. The maximum Gasteiger partial charge on any atom is 0.344 e. The summed E-state index contributed by atoms with van der Waals surface area (Å²) in [6.45, 7) is 1.38. The molecule has 2 heterocycles. The predicted molar refractivity (Wildman–Crippen MR) is 105 cm³/mol. The number of hydrogen-bond donors (Lipinski definition) is 1. The van der Waals surface area contributed by atoms with Crippen molar-refractivity contribution in [2.45, 2.75) is 13.0 Å². The molecule has 0 fully saturated rings. The minimum absolute atomic E-state index is 0.00166. The lowest BCUT2D eigenvalue weighted by atomic mass is 10.2. The van der Waals surface area contributed by atoms with E-state index in [1.807, 2.05) is 0 Å².